The van der Waals surface area contributed by atoms with Gasteiger partial charge in [-0.1, -0.05) is 29.8 Å². The molecule has 4 rings (SSSR count). The summed E-state index contributed by atoms with van der Waals surface area (Å²) in [6, 6.07) is 21.9. The minimum absolute atomic E-state index is 0.111. The second-order valence-electron chi connectivity index (χ2n) is 6.69. The molecule has 0 saturated carbocycles. The molecule has 5 heteroatoms. The molecule has 0 unspecified atom stereocenters. The number of nitrogens with one attached hydrogen (secondary N) is 1. The van der Waals surface area contributed by atoms with Gasteiger partial charge in [0.25, 0.3) is 11.5 Å². The van der Waals surface area contributed by atoms with Gasteiger partial charge in [0.05, 0.1) is 16.6 Å². The summed E-state index contributed by atoms with van der Waals surface area (Å²) >= 11 is 0. The number of fused-ring (bicyclic) bond motifs is 1. The third-order valence-electron chi connectivity index (χ3n) is 4.61. The van der Waals surface area contributed by atoms with Crippen molar-refractivity contribution in [2.75, 3.05) is 5.32 Å². The van der Waals surface area contributed by atoms with E-state index >= 15 is 0 Å². The molecule has 0 spiro atoms. The van der Waals surface area contributed by atoms with E-state index in [1.54, 1.807) is 47.9 Å². The largest absolute Gasteiger partial charge is 0.322 e. The van der Waals surface area contributed by atoms with Crippen LogP contribution in [-0.2, 0) is 0 Å². The molecule has 138 valence electrons. The van der Waals surface area contributed by atoms with E-state index in [0.29, 0.717) is 33.7 Å². The molecule has 1 aromatic heterocycles. The zero-order chi connectivity index (χ0) is 19.7. The standard InChI is InChI=1S/C23H19N3O2/c1-15-6-5-7-17(14-15)22(27)25-18-10-12-19(13-11-18)26-16(2)24-21-9-4-3-8-20(21)23(26)28/h3-14H,1-2H3,(H,25,27). The molecule has 0 radical (unpaired) electrons. The summed E-state index contributed by atoms with van der Waals surface area (Å²) in [5.74, 6) is 0.442. The average molecular weight is 369 g/mol. The topological polar surface area (TPSA) is 64.0 Å². The van der Waals surface area contributed by atoms with E-state index in [1.807, 2.05) is 43.3 Å². The number of carbonyl (C=O) groups is 1. The van der Waals surface area contributed by atoms with Crippen molar-refractivity contribution < 1.29 is 4.79 Å². The third kappa shape index (κ3) is 3.30. The fourth-order valence-electron chi connectivity index (χ4n) is 3.23. The molecule has 1 heterocycles. The van der Waals surface area contributed by atoms with Crippen LogP contribution in [0.3, 0.4) is 0 Å². The minimum Gasteiger partial charge on any atom is -0.322 e. The Bertz CT molecular complexity index is 1240. The van der Waals surface area contributed by atoms with Crippen molar-refractivity contribution in [2.24, 2.45) is 0 Å². The predicted molar refractivity (Wildman–Crippen MR) is 111 cm³/mol. The van der Waals surface area contributed by atoms with Gasteiger partial charge in [0.2, 0.25) is 0 Å². The molecule has 0 fully saturated rings. The van der Waals surface area contributed by atoms with Crippen LogP contribution in [0.1, 0.15) is 21.7 Å². The Labute approximate surface area is 162 Å². The Balaban J connectivity index is 1.65. The maximum atomic E-state index is 12.9. The van der Waals surface area contributed by atoms with Crippen LogP contribution in [0.5, 0.6) is 0 Å². The first-order chi connectivity index (χ1) is 13.5. The molecule has 28 heavy (non-hydrogen) atoms. The maximum absolute atomic E-state index is 12.9. The van der Waals surface area contributed by atoms with Crippen LogP contribution in [0.4, 0.5) is 5.69 Å². The van der Waals surface area contributed by atoms with Gasteiger partial charge >= 0.3 is 0 Å². The predicted octanol–water partition coefficient (Wildman–Crippen LogP) is 4.25. The first kappa shape index (κ1) is 17.7. The number of para-hydroxylation sites is 1. The van der Waals surface area contributed by atoms with Crippen LogP contribution in [0.2, 0.25) is 0 Å². The number of aromatic nitrogens is 2. The number of nitrogens with zero attached hydrogens (tertiary/aromatic N) is 2. The van der Waals surface area contributed by atoms with E-state index in [9.17, 15) is 9.59 Å². The zero-order valence-electron chi connectivity index (χ0n) is 15.6. The van der Waals surface area contributed by atoms with E-state index in [1.165, 1.54) is 0 Å². The lowest BCUT2D eigenvalue weighted by atomic mass is 10.1. The third-order valence-corrected chi connectivity index (χ3v) is 4.61. The Morgan fingerprint density at radius 3 is 2.43 bits per heavy atom. The number of rotatable bonds is 3. The van der Waals surface area contributed by atoms with Gasteiger partial charge in [-0.05, 0) is 62.4 Å². The van der Waals surface area contributed by atoms with Gasteiger partial charge in [-0.3, -0.25) is 14.2 Å². The molecule has 0 saturated heterocycles. The fraction of sp³-hybridized carbons (Fsp3) is 0.0870. The second-order valence-corrected chi connectivity index (χ2v) is 6.69. The highest BCUT2D eigenvalue weighted by molar-refractivity contribution is 6.04. The van der Waals surface area contributed by atoms with Crippen LogP contribution in [0, 0.1) is 13.8 Å². The van der Waals surface area contributed by atoms with E-state index in [0.717, 1.165) is 5.56 Å². The van der Waals surface area contributed by atoms with Gasteiger partial charge in [0.1, 0.15) is 5.82 Å². The molecule has 0 aliphatic heterocycles. The highest BCUT2D eigenvalue weighted by Gasteiger charge is 2.10. The maximum Gasteiger partial charge on any atom is 0.265 e. The smallest absolute Gasteiger partial charge is 0.265 e. The lowest BCUT2D eigenvalue weighted by Gasteiger charge is -2.12. The van der Waals surface area contributed by atoms with E-state index in [-0.39, 0.29) is 11.5 Å². The fourth-order valence-corrected chi connectivity index (χ4v) is 3.23. The summed E-state index contributed by atoms with van der Waals surface area (Å²) in [6.07, 6.45) is 0. The molecule has 0 aliphatic rings. The SMILES string of the molecule is Cc1cccc(C(=O)Nc2ccc(-n3c(C)nc4ccccc4c3=O)cc2)c1. The first-order valence-corrected chi connectivity index (χ1v) is 9.00. The van der Waals surface area contributed by atoms with Gasteiger partial charge in [0, 0.05) is 11.3 Å². The number of aryl methyl sites for hydroxylation is 2. The van der Waals surface area contributed by atoms with Crippen LogP contribution in [0.25, 0.3) is 16.6 Å². The molecule has 1 N–H and O–H groups in total. The van der Waals surface area contributed by atoms with Gasteiger partial charge in [-0.15, -0.1) is 0 Å². The Hall–Kier alpha value is -3.73. The summed E-state index contributed by atoms with van der Waals surface area (Å²) < 4.78 is 1.58. The average Bonchev–Trinajstić information content (AvgIpc) is 2.69. The molecule has 0 aliphatic carbocycles. The number of hydrogen-bond donors (Lipinski definition) is 1. The van der Waals surface area contributed by atoms with E-state index in [2.05, 4.69) is 10.3 Å². The Morgan fingerprint density at radius 2 is 1.68 bits per heavy atom. The molecule has 4 aromatic rings. The van der Waals surface area contributed by atoms with Crippen molar-refractivity contribution in [1.29, 1.82) is 0 Å². The van der Waals surface area contributed by atoms with Crippen molar-refractivity contribution in [3.8, 4) is 5.69 Å². The van der Waals surface area contributed by atoms with Crippen molar-refractivity contribution in [3.05, 3.63) is 100 Å². The van der Waals surface area contributed by atoms with E-state index < -0.39 is 0 Å². The number of anilines is 1. The summed E-state index contributed by atoms with van der Waals surface area (Å²) in [4.78, 5) is 29.8. The minimum atomic E-state index is -0.169. The molecule has 0 bridgehead atoms. The number of carbonyl (C=O) groups excluding carboxylic acids is 1. The second kappa shape index (κ2) is 7.12. The summed E-state index contributed by atoms with van der Waals surface area (Å²) in [5, 5.41) is 3.46. The van der Waals surface area contributed by atoms with Crippen LogP contribution < -0.4 is 10.9 Å². The molecule has 1 amide bonds. The lowest BCUT2D eigenvalue weighted by Crippen LogP contribution is -2.22. The Kier molecular flexibility index (Phi) is 4.49. The van der Waals surface area contributed by atoms with Crippen molar-refractivity contribution in [3.63, 3.8) is 0 Å². The molecular formula is C23H19N3O2. The molecular weight excluding hydrogens is 350 g/mol. The monoisotopic (exact) mass is 369 g/mol. The number of amides is 1. The quantitative estimate of drug-likeness (QED) is 0.587. The van der Waals surface area contributed by atoms with Crippen LogP contribution in [-0.4, -0.2) is 15.5 Å². The van der Waals surface area contributed by atoms with E-state index in [4.69, 9.17) is 0 Å². The first-order valence-electron chi connectivity index (χ1n) is 9.00. The van der Waals surface area contributed by atoms with Crippen LogP contribution in [0.15, 0.2) is 77.6 Å². The highest BCUT2D eigenvalue weighted by atomic mass is 16.1. The lowest BCUT2D eigenvalue weighted by molar-refractivity contribution is 0.102. The van der Waals surface area contributed by atoms with Gasteiger partial charge in [-0.2, -0.15) is 0 Å². The van der Waals surface area contributed by atoms with Crippen molar-refractivity contribution in [2.45, 2.75) is 13.8 Å². The summed E-state index contributed by atoms with van der Waals surface area (Å²) in [7, 11) is 0. The molecule has 3 aromatic carbocycles. The van der Waals surface area contributed by atoms with Crippen LogP contribution >= 0.6 is 0 Å². The molecule has 0 atom stereocenters. The normalized spacial score (nSPS) is 10.8. The highest BCUT2D eigenvalue weighted by Crippen LogP contribution is 2.16. The van der Waals surface area contributed by atoms with Crippen molar-refractivity contribution >= 4 is 22.5 Å². The number of benzene rings is 3. The summed E-state index contributed by atoms with van der Waals surface area (Å²) in [6.45, 7) is 3.75. The Morgan fingerprint density at radius 1 is 0.929 bits per heavy atom. The van der Waals surface area contributed by atoms with Gasteiger partial charge in [0.15, 0.2) is 0 Å². The summed E-state index contributed by atoms with van der Waals surface area (Å²) in [5.41, 5.74) is 3.57. The zero-order valence-corrected chi connectivity index (χ0v) is 15.6. The number of hydrogen-bond acceptors (Lipinski definition) is 3. The van der Waals surface area contributed by atoms with Gasteiger partial charge < -0.3 is 5.32 Å². The van der Waals surface area contributed by atoms with Crippen molar-refractivity contribution in [1.82, 2.24) is 9.55 Å². The van der Waals surface area contributed by atoms with Gasteiger partial charge in [-0.25, -0.2) is 4.98 Å². The molecule has 5 nitrogen and oxygen atoms in total.